The number of β-amino-alcohol motifs (C(OH)–C–C–N with tert-alkyl or cyclic N) is 1. The highest BCUT2D eigenvalue weighted by atomic mass is 16.5. The van der Waals surface area contributed by atoms with Gasteiger partial charge in [0.1, 0.15) is 17.6 Å². The summed E-state index contributed by atoms with van der Waals surface area (Å²) in [5.41, 5.74) is 1.23. The average Bonchev–Trinajstić information content (AvgIpc) is 3.20. The second-order valence-corrected chi connectivity index (χ2v) is 7.54. The number of benzene rings is 1. The summed E-state index contributed by atoms with van der Waals surface area (Å²) in [7, 11) is 0. The molecule has 2 aliphatic rings. The zero-order chi connectivity index (χ0) is 18.8. The highest BCUT2D eigenvalue weighted by Crippen LogP contribution is 2.40. The highest BCUT2D eigenvalue weighted by Gasteiger charge is 2.42. The number of aliphatic hydroxyl groups excluding tert-OH is 1. The van der Waals surface area contributed by atoms with E-state index in [1.54, 1.807) is 24.3 Å². The molecular weight excluding hydrogens is 342 g/mol. The first kappa shape index (κ1) is 17.8. The lowest BCUT2D eigenvalue weighted by molar-refractivity contribution is 0.113. The van der Waals surface area contributed by atoms with Crippen molar-refractivity contribution in [3.05, 3.63) is 53.9 Å². The predicted molar refractivity (Wildman–Crippen MR) is 99.1 cm³/mol. The number of rotatable bonds is 5. The Balaban J connectivity index is 1.27. The lowest BCUT2D eigenvalue weighted by Gasteiger charge is -2.22. The van der Waals surface area contributed by atoms with Crippen molar-refractivity contribution >= 4 is 0 Å². The van der Waals surface area contributed by atoms with Crippen LogP contribution in [0, 0.1) is 23.2 Å². The van der Waals surface area contributed by atoms with Gasteiger partial charge in [-0.15, -0.1) is 0 Å². The van der Waals surface area contributed by atoms with Gasteiger partial charge in [-0.2, -0.15) is 5.26 Å². The maximum absolute atomic E-state index is 10.4. The summed E-state index contributed by atoms with van der Waals surface area (Å²) in [4.78, 5) is 6.39. The summed E-state index contributed by atoms with van der Waals surface area (Å²) in [6, 6.07) is 12.6. The van der Waals surface area contributed by atoms with Gasteiger partial charge in [0.15, 0.2) is 0 Å². The van der Waals surface area contributed by atoms with Gasteiger partial charge < -0.3 is 14.9 Å². The quantitative estimate of drug-likeness (QED) is 0.846. The van der Waals surface area contributed by atoms with Gasteiger partial charge in [0.05, 0.1) is 29.6 Å². The van der Waals surface area contributed by atoms with Gasteiger partial charge in [-0.25, -0.2) is 0 Å². The first-order chi connectivity index (χ1) is 13.1. The normalized spacial score (nSPS) is 25.7. The Morgan fingerprint density at radius 2 is 1.85 bits per heavy atom. The molecule has 0 bridgehead atoms. The molecule has 2 fully saturated rings. The first-order valence-corrected chi connectivity index (χ1v) is 9.33. The Morgan fingerprint density at radius 1 is 1.15 bits per heavy atom. The van der Waals surface area contributed by atoms with E-state index in [0.29, 0.717) is 29.6 Å². The molecule has 6 heteroatoms. The molecule has 1 saturated carbocycles. The third-order valence-electron chi connectivity index (χ3n) is 5.61. The summed E-state index contributed by atoms with van der Waals surface area (Å²) in [5.74, 6) is 2.11. The zero-order valence-corrected chi connectivity index (χ0v) is 15.0. The van der Waals surface area contributed by atoms with Gasteiger partial charge in [0.25, 0.3) is 0 Å². The van der Waals surface area contributed by atoms with Crippen molar-refractivity contribution in [2.45, 2.75) is 25.0 Å². The average molecular weight is 365 g/mol. The van der Waals surface area contributed by atoms with Crippen molar-refractivity contribution in [1.82, 2.24) is 9.88 Å². The van der Waals surface area contributed by atoms with E-state index in [-0.39, 0.29) is 11.9 Å². The van der Waals surface area contributed by atoms with E-state index >= 15 is 0 Å². The van der Waals surface area contributed by atoms with E-state index < -0.39 is 6.10 Å². The maximum Gasteiger partial charge on any atom is 0.133 e. The number of hydrogen-bond acceptors (Lipinski definition) is 6. The van der Waals surface area contributed by atoms with Crippen molar-refractivity contribution < 1.29 is 14.9 Å². The number of aliphatic hydroxyl groups is 1. The Morgan fingerprint density at radius 3 is 2.44 bits per heavy atom. The molecule has 2 aromatic rings. The molecule has 1 unspecified atom stereocenters. The molecule has 1 aliphatic carbocycles. The number of aromatic nitrogens is 1. The summed E-state index contributed by atoms with van der Waals surface area (Å²) >= 11 is 0. The Kier molecular flexibility index (Phi) is 4.97. The summed E-state index contributed by atoms with van der Waals surface area (Å²) in [5, 5.41) is 28.6. The summed E-state index contributed by atoms with van der Waals surface area (Å²) in [6.07, 6.45) is 2.99. The van der Waals surface area contributed by atoms with Crippen LogP contribution < -0.4 is 4.74 Å². The molecule has 1 aliphatic heterocycles. The monoisotopic (exact) mass is 365 g/mol. The first-order valence-electron chi connectivity index (χ1n) is 9.33. The fourth-order valence-corrected chi connectivity index (χ4v) is 4.32. The fourth-order valence-electron chi connectivity index (χ4n) is 4.32. The zero-order valence-electron chi connectivity index (χ0n) is 15.0. The van der Waals surface area contributed by atoms with Crippen molar-refractivity contribution in [2.24, 2.45) is 11.8 Å². The topological polar surface area (TPSA) is 89.6 Å². The van der Waals surface area contributed by atoms with Crippen LogP contribution in [0.3, 0.4) is 0 Å². The van der Waals surface area contributed by atoms with Crippen molar-refractivity contribution in [3.63, 3.8) is 0 Å². The van der Waals surface area contributed by atoms with E-state index in [2.05, 4.69) is 16.0 Å². The van der Waals surface area contributed by atoms with E-state index in [1.807, 2.05) is 12.1 Å². The van der Waals surface area contributed by atoms with Crippen LogP contribution in [0.1, 0.15) is 30.2 Å². The van der Waals surface area contributed by atoms with Crippen LogP contribution in [0.5, 0.6) is 11.5 Å². The molecule has 27 heavy (non-hydrogen) atoms. The maximum atomic E-state index is 10.4. The molecule has 2 heterocycles. The number of nitriles is 1. The molecule has 0 spiro atoms. The molecule has 1 saturated heterocycles. The predicted octanol–water partition coefficient (Wildman–Crippen LogP) is 2.48. The van der Waals surface area contributed by atoms with E-state index in [4.69, 9.17) is 10.00 Å². The van der Waals surface area contributed by atoms with Crippen LogP contribution in [-0.4, -0.2) is 45.8 Å². The minimum absolute atomic E-state index is 0.106. The molecule has 2 N–H and O–H groups in total. The Hall–Kier alpha value is -2.62. The molecule has 6 nitrogen and oxygen atoms in total. The van der Waals surface area contributed by atoms with Gasteiger partial charge in [-0.05, 0) is 61.1 Å². The number of pyridine rings is 1. The van der Waals surface area contributed by atoms with Crippen LogP contribution in [0.4, 0.5) is 0 Å². The second kappa shape index (κ2) is 7.55. The van der Waals surface area contributed by atoms with E-state index in [0.717, 1.165) is 31.7 Å². The molecule has 1 aromatic carbocycles. The lowest BCUT2D eigenvalue weighted by Crippen LogP contribution is -2.29. The minimum Gasteiger partial charge on any atom is -0.506 e. The van der Waals surface area contributed by atoms with Gasteiger partial charge in [0.2, 0.25) is 0 Å². The van der Waals surface area contributed by atoms with E-state index in [9.17, 15) is 10.2 Å². The standard InChI is InChI=1S/C21H23N3O3/c22-9-14-1-4-18(5-2-14)27-19-7-15-11-24(12-16(15)8-19)13-21(26)20-6-3-17(25)10-23-20/h1-6,10,15-16,19,21,25-26H,7-8,11-13H2/t15-,16+,19-,21?. The fraction of sp³-hybridized carbons (Fsp3) is 0.429. The molecule has 0 amide bonds. The van der Waals surface area contributed by atoms with Crippen molar-refractivity contribution in [3.8, 4) is 17.6 Å². The number of fused-ring (bicyclic) bond motifs is 1. The van der Waals surface area contributed by atoms with Gasteiger partial charge in [-0.1, -0.05) is 0 Å². The van der Waals surface area contributed by atoms with Crippen LogP contribution in [-0.2, 0) is 0 Å². The summed E-state index contributed by atoms with van der Waals surface area (Å²) < 4.78 is 6.10. The molecule has 140 valence electrons. The highest BCUT2D eigenvalue weighted by molar-refractivity contribution is 5.34. The van der Waals surface area contributed by atoms with Crippen molar-refractivity contribution in [2.75, 3.05) is 19.6 Å². The van der Waals surface area contributed by atoms with Gasteiger partial charge in [0, 0.05) is 19.6 Å². The molecule has 4 rings (SSSR count). The number of likely N-dealkylation sites (tertiary alicyclic amines) is 1. The Labute approximate surface area is 158 Å². The number of nitrogens with zero attached hydrogens (tertiary/aromatic N) is 3. The number of ether oxygens (including phenoxy) is 1. The van der Waals surface area contributed by atoms with Gasteiger partial charge in [-0.3, -0.25) is 9.88 Å². The number of hydrogen-bond donors (Lipinski definition) is 2. The van der Waals surface area contributed by atoms with Crippen LogP contribution in [0.2, 0.25) is 0 Å². The molecule has 4 atom stereocenters. The summed E-state index contributed by atoms with van der Waals surface area (Å²) in [6.45, 7) is 2.49. The number of aromatic hydroxyl groups is 1. The SMILES string of the molecule is N#Cc1ccc(O[C@@H]2C[C@@H]3CN(CC(O)c4ccc(O)cn4)C[C@@H]3C2)cc1. The van der Waals surface area contributed by atoms with E-state index in [1.165, 1.54) is 6.20 Å². The lowest BCUT2D eigenvalue weighted by atomic mass is 10.0. The smallest absolute Gasteiger partial charge is 0.133 e. The molecular formula is C21H23N3O3. The molecule has 0 radical (unpaired) electrons. The van der Waals surface area contributed by atoms with Crippen molar-refractivity contribution in [1.29, 1.82) is 5.26 Å². The van der Waals surface area contributed by atoms with Crippen LogP contribution >= 0.6 is 0 Å². The molecule has 1 aromatic heterocycles. The Bertz CT molecular complexity index is 802. The van der Waals surface area contributed by atoms with Crippen LogP contribution in [0.25, 0.3) is 0 Å². The minimum atomic E-state index is -0.643. The largest absolute Gasteiger partial charge is 0.506 e. The van der Waals surface area contributed by atoms with Crippen LogP contribution in [0.15, 0.2) is 42.6 Å². The third-order valence-corrected chi connectivity index (χ3v) is 5.61. The van der Waals surface area contributed by atoms with Gasteiger partial charge >= 0.3 is 0 Å². The second-order valence-electron chi connectivity index (χ2n) is 7.54. The third kappa shape index (κ3) is 4.05.